The van der Waals surface area contributed by atoms with Crippen molar-refractivity contribution in [3.8, 4) is 22.5 Å². The van der Waals surface area contributed by atoms with Crippen molar-refractivity contribution in [1.82, 2.24) is 45.0 Å². The van der Waals surface area contributed by atoms with Crippen LogP contribution >= 0.6 is 11.3 Å². The predicted octanol–water partition coefficient (Wildman–Crippen LogP) is 7.56. The van der Waals surface area contributed by atoms with E-state index in [1.807, 2.05) is 67.4 Å². The molecule has 6 atom stereocenters. The smallest absolute Gasteiger partial charge is 0.411 e. The lowest BCUT2D eigenvalue weighted by Crippen LogP contribution is -2.62. The minimum atomic E-state index is -0.996. The number of esters is 1. The van der Waals surface area contributed by atoms with Crippen molar-refractivity contribution in [3.63, 3.8) is 0 Å². The molecule has 0 unspecified atom stereocenters. The summed E-state index contributed by atoms with van der Waals surface area (Å²) in [6.45, 7) is 18.2. The van der Waals surface area contributed by atoms with E-state index in [4.69, 9.17) is 24.2 Å². The number of aryl methyl sites for hydroxylation is 1. The summed E-state index contributed by atoms with van der Waals surface area (Å²) in [6, 6.07) is 17.7. The first-order valence-corrected chi connectivity index (χ1v) is 27.9. The molecular weight excluding hydrogens is 983 g/mol. The number of hydrogen-bond donors (Lipinski definition) is 2. The van der Waals surface area contributed by atoms with Gasteiger partial charge in [-0.3, -0.25) is 39.0 Å². The molecule has 3 aromatic heterocycles. The monoisotopic (exact) mass is 1060 g/mol. The van der Waals surface area contributed by atoms with Gasteiger partial charge in [0.2, 0.25) is 11.8 Å². The summed E-state index contributed by atoms with van der Waals surface area (Å²) in [5.41, 5.74) is 9.16. The van der Waals surface area contributed by atoms with Gasteiger partial charge in [-0.05, 0) is 101 Å². The van der Waals surface area contributed by atoms with E-state index in [9.17, 15) is 24.0 Å². The van der Waals surface area contributed by atoms with Crippen molar-refractivity contribution < 1.29 is 38.2 Å². The Morgan fingerprint density at radius 2 is 1.76 bits per heavy atom. The second-order valence-corrected chi connectivity index (χ2v) is 24.0. The van der Waals surface area contributed by atoms with E-state index in [1.54, 1.807) is 20.2 Å². The number of likely N-dealkylation sites (tertiary alicyclic amines) is 2. The molecule has 76 heavy (non-hydrogen) atoms. The Kier molecular flexibility index (Phi) is 14.9. The third kappa shape index (κ3) is 10.5. The lowest BCUT2D eigenvalue weighted by Gasteiger charge is -2.36. The van der Waals surface area contributed by atoms with Crippen molar-refractivity contribution in [2.75, 3.05) is 53.0 Å². The standard InChI is InChI=1S/C58H73N9O8S/c1-9-65-46-20-19-39-27-41(46)42(50(65)40-17-13-23-59-48(40)37(4)73-8)29-56(5,6)35-75-53(70)43-18-14-24-67(62-43)52(69)44(28-47-60-45(39)31-76-47)61-51(68)49(36(2)3)63-25-21-58(33-63)22-26-64(34-58)54(71)57(7)32-66(57)55(72)74-30-38-15-11-10-12-16-38/h10-13,15-17,19-20,23,27,31,36-37,43-44,49,62H,9,14,18,21-22,24-26,28-30,32-35H2,1-8H3,(H,61,68)/t37-,43-,44-,49-,57+,58-,66?/m0/s1. The molecule has 1 spiro atoms. The predicted molar refractivity (Wildman–Crippen MR) is 290 cm³/mol. The summed E-state index contributed by atoms with van der Waals surface area (Å²) in [5.74, 6) is -1.23. The first-order valence-electron chi connectivity index (χ1n) is 27.1. The Bertz CT molecular complexity index is 3010. The van der Waals surface area contributed by atoms with Crippen LogP contribution in [0.5, 0.6) is 0 Å². The summed E-state index contributed by atoms with van der Waals surface area (Å²) in [4.78, 5) is 86.5. The van der Waals surface area contributed by atoms with Crippen LogP contribution in [0, 0.1) is 16.7 Å². The normalized spacial score (nSPS) is 24.7. The molecular formula is C58H73N9O8S. The van der Waals surface area contributed by atoms with Gasteiger partial charge in [-0.1, -0.05) is 64.1 Å². The maximum absolute atomic E-state index is 14.9. The molecule has 4 saturated heterocycles. The number of cyclic esters (lactones) is 1. The van der Waals surface area contributed by atoms with E-state index in [0.29, 0.717) is 70.1 Å². The van der Waals surface area contributed by atoms with Gasteiger partial charge in [-0.15, -0.1) is 11.3 Å². The maximum atomic E-state index is 14.9. The minimum absolute atomic E-state index is 0.0828. The highest BCUT2D eigenvalue weighted by atomic mass is 32.1. The largest absolute Gasteiger partial charge is 0.464 e. The van der Waals surface area contributed by atoms with Crippen LogP contribution in [0.15, 0.2) is 72.2 Å². The first-order chi connectivity index (χ1) is 36.4. The number of nitrogens with zero attached hydrogens (tertiary/aromatic N) is 7. The van der Waals surface area contributed by atoms with Crippen molar-refractivity contribution in [1.29, 1.82) is 0 Å². The third-order valence-electron chi connectivity index (χ3n) is 16.5. The number of carbonyl (C=O) groups is 5. The maximum Gasteiger partial charge on any atom is 0.411 e. The molecule has 2 aromatic carbocycles. The quantitative estimate of drug-likeness (QED) is 0.0981. The number of methoxy groups -OCH3 is 1. The number of ether oxygens (including phenoxy) is 3. The molecule has 4 fully saturated rings. The molecule has 18 heteroatoms. The van der Waals surface area contributed by atoms with Crippen molar-refractivity contribution in [3.05, 3.63) is 94.1 Å². The molecule has 0 radical (unpaired) electrons. The zero-order valence-corrected chi connectivity index (χ0v) is 46.0. The molecule has 404 valence electrons. The Hall–Kier alpha value is -6.21. The SMILES string of the molecule is CCn1c(-c2cccnc2[C@H](C)OC)c2c3cc(ccc31)-c1csc(n1)C[C@H](NC(=O)[C@H](C(C)C)N1CC[C@]3(CCN(C(=O)[C@@]4(C)CN4C(=O)OCc4ccccc4)C3)C1)C(=O)N1CCC[C@H](N1)C(=O)OCC(C)(C)C2. The van der Waals surface area contributed by atoms with Crippen molar-refractivity contribution in [2.45, 2.75) is 130 Å². The Balaban J connectivity index is 0.899. The second-order valence-electron chi connectivity index (χ2n) is 23.1. The average Bonchev–Trinajstić information content (AvgIpc) is 4.04. The number of thiazole rings is 1. The number of fused-ring (bicyclic) bond motifs is 6. The van der Waals surface area contributed by atoms with Gasteiger partial charge in [-0.25, -0.2) is 15.2 Å². The molecule has 4 amide bonds. The summed E-state index contributed by atoms with van der Waals surface area (Å²) in [7, 11) is 1.69. The van der Waals surface area contributed by atoms with Crippen LogP contribution in [0.3, 0.4) is 0 Å². The van der Waals surface area contributed by atoms with Gasteiger partial charge in [-0.2, -0.15) is 0 Å². The number of aromatic nitrogens is 3. The second kappa shape index (κ2) is 21.3. The Labute approximate surface area is 449 Å². The van der Waals surface area contributed by atoms with Crippen LogP contribution in [0.4, 0.5) is 4.79 Å². The van der Waals surface area contributed by atoms with Gasteiger partial charge >= 0.3 is 12.1 Å². The van der Waals surface area contributed by atoms with Gasteiger partial charge < -0.3 is 29.0 Å². The zero-order chi connectivity index (χ0) is 53.7. The number of benzene rings is 2. The van der Waals surface area contributed by atoms with Crippen molar-refractivity contribution >= 4 is 52.0 Å². The highest BCUT2D eigenvalue weighted by Crippen LogP contribution is 2.45. The molecule has 6 bridgehead atoms. The van der Waals surface area contributed by atoms with Gasteiger partial charge in [0.05, 0.1) is 47.4 Å². The highest BCUT2D eigenvalue weighted by molar-refractivity contribution is 7.10. The van der Waals surface area contributed by atoms with Crippen LogP contribution < -0.4 is 10.7 Å². The Morgan fingerprint density at radius 1 is 0.974 bits per heavy atom. The van der Waals surface area contributed by atoms with E-state index in [-0.39, 0.29) is 54.8 Å². The fourth-order valence-electron chi connectivity index (χ4n) is 12.2. The van der Waals surface area contributed by atoms with Crippen LogP contribution in [0.25, 0.3) is 33.4 Å². The van der Waals surface area contributed by atoms with E-state index in [1.165, 1.54) is 21.2 Å². The highest BCUT2D eigenvalue weighted by Gasteiger charge is 2.61. The number of hydrazine groups is 1. The van der Waals surface area contributed by atoms with E-state index < -0.39 is 41.1 Å². The third-order valence-corrected chi connectivity index (χ3v) is 17.4. The number of amides is 4. The molecule has 0 aliphatic carbocycles. The molecule has 2 N–H and O–H groups in total. The van der Waals surface area contributed by atoms with Crippen LogP contribution in [-0.2, 0) is 59.4 Å². The number of pyridine rings is 1. The van der Waals surface area contributed by atoms with Crippen molar-refractivity contribution in [2.24, 2.45) is 16.7 Å². The van der Waals surface area contributed by atoms with Gasteiger partial charge in [0.15, 0.2) is 0 Å². The molecule has 8 heterocycles. The summed E-state index contributed by atoms with van der Waals surface area (Å²) >= 11 is 1.45. The molecule has 5 aliphatic rings. The molecule has 17 nitrogen and oxygen atoms in total. The van der Waals surface area contributed by atoms with Gasteiger partial charge in [0.1, 0.15) is 24.2 Å². The number of rotatable bonds is 11. The topological polar surface area (TPSA) is 181 Å². The summed E-state index contributed by atoms with van der Waals surface area (Å²) in [6.07, 6.45) is 4.42. The first kappa shape index (κ1) is 53.2. The van der Waals surface area contributed by atoms with E-state index >= 15 is 0 Å². The molecule has 10 rings (SSSR count). The fraction of sp³-hybridized carbons (Fsp3) is 0.534. The zero-order valence-electron chi connectivity index (χ0n) is 45.2. The van der Waals surface area contributed by atoms with E-state index in [0.717, 1.165) is 63.1 Å². The van der Waals surface area contributed by atoms with Gasteiger partial charge in [0, 0.05) is 90.7 Å². The van der Waals surface area contributed by atoms with Crippen LogP contribution in [0.2, 0.25) is 0 Å². The van der Waals surface area contributed by atoms with E-state index in [2.05, 4.69) is 65.2 Å². The Morgan fingerprint density at radius 3 is 2.53 bits per heavy atom. The lowest BCUT2D eigenvalue weighted by molar-refractivity contribution is -0.155. The summed E-state index contributed by atoms with van der Waals surface area (Å²) < 4.78 is 19.9. The van der Waals surface area contributed by atoms with Crippen LogP contribution in [0.1, 0.15) is 102 Å². The average molecular weight is 1060 g/mol. The lowest BCUT2D eigenvalue weighted by atomic mass is 9.84. The number of hydrogen-bond acceptors (Lipinski definition) is 13. The fourth-order valence-corrected chi connectivity index (χ4v) is 13.1. The number of nitrogens with one attached hydrogen (secondary N) is 2. The number of carbonyl (C=O) groups excluding carboxylic acids is 5. The minimum Gasteiger partial charge on any atom is -0.464 e. The summed E-state index contributed by atoms with van der Waals surface area (Å²) in [5, 5.41) is 8.48. The molecule has 5 aromatic rings. The van der Waals surface area contributed by atoms with Gasteiger partial charge in [0.25, 0.3) is 5.91 Å². The molecule has 5 aliphatic heterocycles. The molecule has 0 saturated carbocycles. The van der Waals surface area contributed by atoms with Crippen LogP contribution in [-0.4, -0.2) is 141 Å².